The Kier molecular flexibility index (Phi) is 7.38. The molecule has 6 nitrogen and oxygen atoms in total. The molecular formula is C20H34N4O2. The maximum atomic E-state index is 10.1. The summed E-state index contributed by atoms with van der Waals surface area (Å²) in [7, 11) is 0. The van der Waals surface area contributed by atoms with Crippen LogP contribution in [0.25, 0.3) is 0 Å². The Morgan fingerprint density at radius 2 is 2.04 bits per heavy atom. The molecule has 0 amide bonds. The van der Waals surface area contributed by atoms with Gasteiger partial charge in [0.1, 0.15) is 11.9 Å². The highest BCUT2D eigenvalue weighted by Gasteiger charge is 2.26. The monoisotopic (exact) mass is 362 g/mol. The summed E-state index contributed by atoms with van der Waals surface area (Å²) >= 11 is 0. The van der Waals surface area contributed by atoms with E-state index in [-0.39, 0.29) is 0 Å². The summed E-state index contributed by atoms with van der Waals surface area (Å²) in [6.45, 7) is 5.52. The van der Waals surface area contributed by atoms with E-state index in [2.05, 4.69) is 27.4 Å². The first-order valence-corrected chi connectivity index (χ1v) is 10.3. The van der Waals surface area contributed by atoms with Gasteiger partial charge in [-0.05, 0) is 44.7 Å². The Morgan fingerprint density at radius 3 is 2.69 bits per heavy atom. The predicted octanol–water partition coefficient (Wildman–Crippen LogP) is 2.67. The van der Waals surface area contributed by atoms with E-state index < -0.39 is 6.10 Å². The fourth-order valence-electron chi connectivity index (χ4n) is 4.12. The van der Waals surface area contributed by atoms with Crippen LogP contribution in [0.1, 0.15) is 63.7 Å². The van der Waals surface area contributed by atoms with Crippen LogP contribution >= 0.6 is 0 Å². The number of likely N-dealkylation sites (tertiary alicyclic amines) is 1. The van der Waals surface area contributed by atoms with Crippen LogP contribution in [-0.2, 0) is 0 Å². The summed E-state index contributed by atoms with van der Waals surface area (Å²) in [5, 5.41) is 17.0. The maximum absolute atomic E-state index is 10.1. The van der Waals surface area contributed by atoms with Crippen LogP contribution < -0.4 is 10.6 Å². The SMILES string of the molecule is CCNC(=NCC(O)c1ccco1)NC1CCN(C2CCCCC2)CC1. The molecule has 1 aromatic rings. The first kappa shape index (κ1) is 19.2. The first-order valence-electron chi connectivity index (χ1n) is 10.3. The third kappa shape index (κ3) is 5.48. The van der Waals surface area contributed by atoms with Crippen molar-refractivity contribution < 1.29 is 9.52 Å². The molecule has 1 aliphatic carbocycles. The molecule has 1 aromatic heterocycles. The minimum Gasteiger partial charge on any atom is -0.467 e. The second kappa shape index (κ2) is 9.97. The van der Waals surface area contributed by atoms with E-state index in [9.17, 15) is 5.11 Å². The van der Waals surface area contributed by atoms with E-state index in [0.717, 1.165) is 31.4 Å². The van der Waals surface area contributed by atoms with Gasteiger partial charge in [0.05, 0.1) is 12.8 Å². The first-order chi connectivity index (χ1) is 12.8. The summed E-state index contributed by atoms with van der Waals surface area (Å²) in [5.74, 6) is 1.35. The standard InChI is InChI=1S/C20H34N4O2/c1-2-21-20(22-15-18(25)19-9-6-14-26-19)23-16-10-12-24(13-11-16)17-7-4-3-5-8-17/h6,9,14,16-18,25H,2-5,7-8,10-13,15H2,1H3,(H2,21,22,23). The summed E-state index contributed by atoms with van der Waals surface area (Å²) in [6, 6.07) is 4.83. The van der Waals surface area contributed by atoms with Gasteiger partial charge < -0.3 is 25.1 Å². The van der Waals surface area contributed by atoms with E-state index >= 15 is 0 Å². The van der Waals surface area contributed by atoms with Crippen LogP contribution in [0.5, 0.6) is 0 Å². The molecular weight excluding hydrogens is 328 g/mol. The fourth-order valence-corrected chi connectivity index (χ4v) is 4.12. The fraction of sp³-hybridized carbons (Fsp3) is 0.750. The normalized spacial score (nSPS) is 22.3. The van der Waals surface area contributed by atoms with Crippen LogP contribution in [0.4, 0.5) is 0 Å². The molecule has 26 heavy (non-hydrogen) atoms. The Balaban J connectivity index is 1.46. The van der Waals surface area contributed by atoms with Gasteiger partial charge in [0.2, 0.25) is 0 Å². The van der Waals surface area contributed by atoms with Crippen molar-refractivity contribution in [3.8, 4) is 0 Å². The highest BCUT2D eigenvalue weighted by Crippen LogP contribution is 2.25. The number of nitrogens with zero attached hydrogens (tertiary/aromatic N) is 2. The van der Waals surface area contributed by atoms with Gasteiger partial charge in [-0.1, -0.05) is 19.3 Å². The third-order valence-corrected chi connectivity index (χ3v) is 5.60. The van der Waals surface area contributed by atoms with Crippen molar-refractivity contribution in [2.75, 3.05) is 26.2 Å². The van der Waals surface area contributed by atoms with E-state index in [1.165, 1.54) is 45.2 Å². The number of aliphatic imine (C=N–C) groups is 1. The van der Waals surface area contributed by atoms with E-state index in [1.807, 2.05) is 0 Å². The minimum absolute atomic E-state index is 0.295. The Labute approximate surface area is 157 Å². The van der Waals surface area contributed by atoms with Gasteiger partial charge in [-0.25, -0.2) is 0 Å². The number of hydrogen-bond acceptors (Lipinski definition) is 4. The molecule has 2 fully saturated rings. The maximum Gasteiger partial charge on any atom is 0.191 e. The zero-order chi connectivity index (χ0) is 18.2. The Hall–Kier alpha value is -1.53. The average Bonchev–Trinajstić information content (AvgIpc) is 3.22. The van der Waals surface area contributed by atoms with Crippen molar-refractivity contribution in [3.05, 3.63) is 24.2 Å². The minimum atomic E-state index is -0.700. The van der Waals surface area contributed by atoms with Crippen molar-refractivity contribution in [2.24, 2.45) is 4.99 Å². The van der Waals surface area contributed by atoms with Gasteiger partial charge >= 0.3 is 0 Å². The highest BCUT2D eigenvalue weighted by atomic mass is 16.4. The molecule has 3 rings (SSSR count). The molecule has 1 aliphatic heterocycles. The lowest BCUT2D eigenvalue weighted by Gasteiger charge is -2.39. The molecule has 0 bridgehead atoms. The van der Waals surface area contributed by atoms with E-state index in [1.54, 1.807) is 18.4 Å². The smallest absolute Gasteiger partial charge is 0.191 e. The summed E-state index contributed by atoms with van der Waals surface area (Å²) in [4.78, 5) is 7.24. The number of aliphatic hydroxyl groups is 1. The van der Waals surface area contributed by atoms with Crippen LogP contribution in [0, 0.1) is 0 Å². The molecule has 146 valence electrons. The highest BCUT2D eigenvalue weighted by molar-refractivity contribution is 5.80. The van der Waals surface area contributed by atoms with Crippen molar-refractivity contribution in [2.45, 2.75) is 70.1 Å². The average molecular weight is 363 g/mol. The van der Waals surface area contributed by atoms with Crippen LogP contribution in [0.3, 0.4) is 0 Å². The van der Waals surface area contributed by atoms with Crippen molar-refractivity contribution in [1.29, 1.82) is 0 Å². The lowest BCUT2D eigenvalue weighted by Crippen LogP contribution is -2.51. The van der Waals surface area contributed by atoms with Gasteiger partial charge in [-0.15, -0.1) is 0 Å². The molecule has 3 N–H and O–H groups in total. The number of nitrogens with one attached hydrogen (secondary N) is 2. The molecule has 1 saturated heterocycles. The molecule has 2 heterocycles. The van der Waals surface area contributed by atoms with Gasteiger partial charge in [0.15, 0.2) is 5.96 Å². The van der Waals surface area contributed by atoms with Gasteiger partial charge in [-0.3, -0.25) is 4.99 Å². The summed E-state index contributed by atoms with van der Waals surface area (Å²) in [5.41, 5.74) is 0. The number of rotatable bonds is 6. The topological polar surface area (TPSA) is 73.0 Å². The second-order valence-electron chi connectivity index (χ2n) is 7.50. The molecule has 0 spiro atoms. The van der Waals surface area contributed by atoms with Crippen LogP contribution in [0.2, 0.25) is 0 Å². The molecule has 1 unspecified atom stereocenters. The number of piperidine rings is 1. The zero-order valence-electron chi connectivity index (χ0n) is 16.0. The van der Waals surface area contributed by atoms with Gasteiger partial charge in [-0.2, -0.15) is 0 Å². The lowest BCUT2D eigenvalue weighted by molar-refractivity contribution is 0.119. The molecule has 2 aliphatic rings. The molecule has 6 heteroatoms. The van der Waals surface area contributed by atoms with E-state index in [4.69, 9.17) is 4.42 Å². The third-order valence-electron chi connectivity index (χ3n) is 5.60. The molecule has 0 radical (unpaired) electrons. The molecule has 1 saturated carbocycles. The summed E-state index contributed by atoms with van der Waals surface area (Å²) < 4.78 is 5.24. The van der Waals surface area contributed by atoms with Gasteiger partial charge in [0.25, 0.3) is 0 Å². The van der Waals surface area contributed by atoms with Crippen molar-refractivity contribution in [3.63, 3.8) is 0 Å². The van der Waals surface area contributed by atoms with E-state index in [0.29, 0.717) is 18.3 Å². The summed E-state index contributed by atoms with van der Waals surface area (Å²) in [6.07, 6.45) is 10.2. The Bertz CT molecular complexity index is 532. The molecule has 1 atom stereocenters. The quantitative estimate of drug-likeness (QED) is 0.536. The lowest BCUT2D eigenvalue weighted by atomic mass is 9.92. The number of guanidine groups is 1. The zero-order valence-corrected chi connectivity index (χ0v) is 16.0. The van der Waals surface area contributed by atoms with Gasteiger partial charge in [0, 0.05) is 31.7 Å². The largest absolute Gasteiger partial charge is 0.467 e. The predicted molar refractivity (Wildman–Crippen MR) is 104 cm³/mol. The molecule has 0 aromatic carbocycles. The van der Waals surface area contributed by atoms with Crippen molar-refractivity contribution in [1.82, 2.24) is 15.5 Å². The number of aliphatic hydroxyl groups excluding tert-OH is 1. The van der Waals surface area contributed by atoms with Crippen LogP contribution in [-0.4, -0.2) is 54.2 Å². The Morgan fingerprint density at radius 1 is 1.27 bits per heavy atom. The van der Waals surface area contributed by atoms with Crippen molar-refractivity contribution >= 4 is 5.96 Å². The number of furan rings is 1. The second-order valence-corrected chi connectivity index (χ2v) is 7.50. The van der Waals surface area contributed by atoms with Crippen LogP contribution in [0.15, 0.2) is 27.8 Å². The number of hydrogen-bond donors (Lipinski definition) is 3.